The summed E-state index contributed by atoms with van der Waals surface area (Å²) in [5, 5.41) is 0. The maximum atomic E-state index is 13.0. The molecule has 29 heavy (non-hydrogen) atoms. The van der Waals surface area contributed by atoms with Gasteiger partial charge in [0.1, 0.15) is 5.75 Å². The van der Waals surface area contributed by atoms with E-state index in [0.717, 1.165) is 57.0 Å². The summed E-state index contributed by atoms with van der Waals surface area (Å²) in [6.45, 7) is 8.05. The molecule has 0 saturated carbocycles. The Hall–Kier alpha value is -2.53. The molecule has 0 aromatic heterocycles. The van der Waals surface area contributed by atoms with Crippen molar-refractivity contribution in [2.45, 2.75) is 25.8 Å². The molecule has 5 nitrogen and oxygen atoms in total. The molecule has 0 unspecified atom stereocenters. The number of nitrogens with zero attached hydrogens (tertiary/aromatic N) is 3. The highest BCUT2D eigenvalue weighted by Gasteiger charge is 2.30. The number of anilines is 1. The van der Waals surface area contributed by atoms with Gasteiger partial charge in [-0.3, -0.25) is 9.69 Å². The van der Waals surface area contributed by atoms with Crippen LogP contribution in [0.3, 0.4) is 0 Å². The average Bonchev–Trinajstić information content (AvgIpc) is 2.79. The predicted octanol–water partition coefficient (Wildman–Crippen LogP) is 3.43. The number of amides is 1. The van der Waals surface area contributed by atoms with Crippen molar-refractivity contribution in [2.75, 3.05) is 51.3 Å². The second-order valence-electron chi connectivity index (χ2n) is 8.09. The monoisotopic (exact) mass is 393 g/mol. The second kappa shape index (κ2) is 8.87. The molecule has 0 bridgehead atoms. The Labute approximate surface area is 173 Å². The van der Waals surface area contributed by atoms with E-state index in [9.17, 15) is 4.79 Å². The minimum Gasteiger partial charge on any atom is -0.497 e. The van der Waals surface area contributed by atoms with Gasteiger partial charge in [0, 0.05) is 56.6 Å². The van der Waals surface area contributed by atoms with E-state index < -0.39 is 0 Å². The van der Waals surface area contributed by atoms with Crippen LogP contribution in [0.1, 0.15) is 28.8 Å². The lowest BCUT2D eigenvalue weighted by molar-refractivity contribution is 0.0563. The number of hydrogen-bond donors (Lipinski definition) is 0. The number of hydrogen-bond acceptors (Lipinski definition) is 4. The van der Waals surface area contributed by atoms with Crippen molar-refractivity contribution in [1.82, 2.24) is 9.80 Å². The molecule has 2 saturated heterocycles. The number of aryl methyl sites for hydroxylation is 1. The molecule has 4 rings (SSSR count). The molecule has 2 aromatic rings. The SMILES string of the molecule is COc1cccc(C(=O)N2CCC[C@H](N3CCN(c4ccccc4C)CC3)C2)c1. The molecule has 1 atom stereocenters. The number of benzene rings is 2. The number of carbonyl (C=O) groups excluding carboxylic acids is 1. The van der Waals surface area contributed by atoms with Crippen LogP contribution in [0.4, 0.5) is 5.69 Å². The summed E-state index contributed by atoms with van der Waals surface area (Å²) < 4.78 is 5.28. The maximum Gasteiger partial charge on any atom is 0.254 e. The molecule has 154 valence electrons. The third-order valence-corrected chi connectivity index (χ3v) is 6.29. The van der Waals surface area contributed by atoms with Crippen LogP contribution in [-0.2, 0) is 0 Å². The lowest BCUT2D eigenvalue weighted by atomic mass is 10.0. The van der Waals surface area contributed by atoms with E-state index in [4.69, 9.17) is 4.74 Å². The molecule has 0 aliphatic carbocycles. The third-order valence-electron chi connectivity index (χ3n) is 6.29. The van der Waals surface area contributed by atoms with Gasteiger partial charge in [-0.15, -0.1) is 0 Å². The van der Waals surface area contributed by atoms with Crippen LogP contribution in [0.25, 0.3) is 0 Å². The van der Waals surface area contributed by atoms with Gasteiger partial charge < -0.3 is 14.5 Å². The number of para-hydroxylation sites is 1. The molecule has 1 amide bonds. The lowest BCUT2D eigenvalue weighted by Crippen LogP contribution is -2.56. The van der Waals surface area contributed by atoms with Crippen molar-refractivity contribution < 1.29 is 9.53 Å². The quantitative estimate of drug-likeness (QED) is 0.797. The minimum atomic E-state index is 0.118. The smallest absolute Gasteiger partial charge is 0.254 e. The summed E-state index contributed by atoms with van der Waals surface area (Å²) in [5.41, 5.74) is 3.41. The summed E-state index contributed by atoms with van der Waals surface area (Å²) in [7, 11) is 1.64. The van der Waals surface area contributed by atoms with Crippen molar-refractivity contribution in [1.29, 1.82) is 0 Å². The first-order valence-electron chi connectivity index (χ1n) is 10.6. The number of ether oxygens (including phenoxy) is 1. The fourth-order valence-electron chi connectivity index (χ4n) is 4.62. The number of likely N-dealkylation sites (tertiary alicyclic amines) is 1. The topological polar surface area (TPSA) is 36.0 Å². The van der Waals surface area contributed by atoms with E-state index in [0.29, 0.717) is 6.04 Å². The molecule has 0 N–H and O–H groups in total. The zero-order chi connectivity index (χ0) is 20.2. The summed E-state index contributed by atoms with van der Waals surface area (Å²) in [5.74, 6) is 0.851. The van der Waals surface area contributed by atoms with Gasteiger partial charge >= 0.3 is 0 Å². The molecule has 5 heteroatoms. The van der Waals surface area contributed by atoms with Crippen LogP contribution in [0.2, 0.25) is 0 Å². The fourth-order valence-corrected chi connectivity index (χ4v) is 4.62. The first kappa shape index (κ1) is 19.8. The molecule has 2 heterocycles. The van der Waals surface area contributed by atoms with Crippen molar-refractivity contribution in [3.8, 4) is 5.75 Å². The Balaban J connectivity index is 1.36. The Morgan fingerprint density at radius 1 is 1.00 bits per heavy atom. The van der Waals surface area contributed by atoms with Crippen LogP contribution in [0, 0.1) is 6.92 Å². The average molecular weight is 394 g/mol. The number of carbonyl (C=O) groups is 1. The highest BCUT2D eigenvalue weighted by molar-refractivity contribution is 5.94. The van der Waals surface area contributed by atoms with E-state index in [2.05, 4.69) is 41.0 Å². The van der Waals surface area contributed by atoms with E-state index in [1.807, 2.05) is 29.2 Å². The van der Waals surface area contributed by atoms with Gasteiger partial charge in [0.25, 0.3) is 5.91 Å². The largest absolute Gasteiger partial charge is 0.497 e. The number of piperazine rings is 1. The molecule has 2 aliphatic rings. The number of rotatable bonds is 4. The molecule has 2 aliphatic heterocycles. The zero-order valence-electron chi connectivity index (χ0n) is 17.5. The van der Waals surface area contributed by atoms with Crippen molar-refractivity contribution in [3.63, 3.8) is 0 Å². The van der Waals surface area contributed by atoms with Gasteiger partial charge in [-0.25, -0.2) is 0 Å². The van der Waals surface area contributed by atoms with Gasteiger partial charge in [0.2, 0.25) is 0 Å². The van der Waals surface area contributed by atoms with Gasteiger partial charge in [-0.2, -0.15) is 0 Å². The Kier molecular flexibility index (Phi) is 6.05. The Morgan fingerprint density at radius 3 is 2.55 bits per heavy atom. The van der Waals surface area contributed by atoms with E-state index in [-0.39, 0.29) is 5.91 Å². The zero-order valence-corrected chi connectivity index (χ0v) is 17.5. The third kappa shape index (κ3) is 4.40. The van der Waals surface area contributed by atoms with Gasteiger partial charge in [-0.1, -0.05) is 24.3 Å². The molecule has 2 fully saturated rings. The normalized spacial score (nSPS) is 20.6. The first-order chi connectivity index (χ1) is 14.2. The fraction of sp³-hybridized carbons (Fsp3) is 0.458. The summed E-state index contributed by atoms with van der Waals surface area (Å²) in [6, 6.07) is 16.6. The van der Waals surface area contributed by atoms with Gasteiger partial charge in [-0.05, 0) is 49.6 Å². The van der Waals surface area contributed by atoms with Gasteiger partial charge in [0.15, 0.2) is 0 Å². The van der Waals surface area contributed by atoms with Crippen LogP contribution in [-0.4, -0.2) is 68.1 Å². The standard InChI is InChI=1S/C24H31N3O2/c1-19-7-3-4-11-23(19)26-15-13-25(14-16-26)21-9-6-12-27(18-21)24(28)20-8-5-10-22(17-20)29-2/h3-5,7-8,10-11,17,21H,6,9,12-16,18H2,1-2H3/t21-/m0/s1. The van der Waals surface area contributed by atoms with E-state index in [1.165, 1.54) is 17.7 Å². The second-order valence-corrected chi connectivity index (χ2v) is 8.09. The summed E-state index contributed by atoms with van der Waals surface area (Å²) in [4.78, 5) is 20.1. The summed E-state index contributed by atoms with van der Waals surface area (Å²) >= 11 is 0. The highest BCUT2D eigenvalue weighted by Crippen LogP contribution is 2.24. The van der Waals surface area contributed by atoms with Crippen LogP contribution in [0.15, 0.2) is 48.5 Å². The van der Waals surface area contributed by atoms with E-state index >= 15 is 0 Å². The number of methoxy groups -OCH3 is 1. The molecular formula is C24H31N3O2. The van der Waals surface area contributed by atoms with E-state index in [1.54, 1.807) is 7.11 Å². The van der Waals surface area contributed by atoms with Crippen molar-refractivity contribution >= 4 is 11.6 Å². The molecular weight excluding hydrogens is 362 g/mol. The van der Waals surface area contributed by atoms with Crippen LogP contribution < -0.4 is 9.64 Å². The minimum absolute atomic E-state index is 0.118. The highest BCUT2D eigenvalue weighted by atomic mass is 16.5. The molecule has 2 aromatic carbocycles. The maximum absolute atomic E-state index is 13.0. The molecule has 0 spiro atoms. The van der Waals surface area contributed by atoms with Crippen LogP contribution in [0.5, 0.6) is 5.75 Å². The Morgan fingerprint density at radius 2 is 1.79 bits per heavy atom. The van der Waals surface area contributed by atoms with Crippen molar-refractivity contribution in [2.24, 2.45) is 0 Å². The first-order valence-corrected chi connectivity index (χ1v) is 10.6. The van der Waals surface area contributed by atoms with Crippen LogP contribution >= 0.6 is 0 Å². The lowest BCUT2D eigenvalue weighted by Gasteiger charge is -2.44. The predicted molar refractivity (Wildman–Crippen MR) is 117 cm³/mol. The summed E-state index contributed by atoms with van der Waals surface area (Å²) in [6.07, 6.45) is 2.24. The van der Waals surface area contributed by atoms with Crippen molar-refractivity contribution in [3.05, 3.63) is 59.7 Å². The Bertz CT molecular complexity index is 846. The number of piperidine rings is 1. The van der Waals surface area contributed by atoms with Gasteiger partial charge in [0.05, 0.1) is 7.11 Å². The molecule has 0 radical (unpaired) electrons.